The molecule has 5 nitrogen and oxygen atoms in total. The zero-order valence-electron chi connectivity index (χ0n) is 19.8. The fourth-order valence-corrected chi connectivity index (χ4v) is 5.43. The summed E-state index contributed by atoms with van der Waals surface area (Å²) in [6.45, 7) is 4.60. The molecule has 0 atom stereocenters. The second kappa shape index (κ2) is 10.3. The Balaban J connectivity index is 1.58. The molecule has 2 heterocycles. The van der Waals surface area contributed by atoms with Gasteiger partial charge in [0.1, 0.15) is 11.5 Å². The van der Waals surface area contributed by atoms with E-state index < -0.39 is 6.36 Å². The van der Waals surface area contributed by atoms with Crippen molar-refractivity contribution in [2.45, 2.75) is 46.0 Å². The average Bonchev–Trinajstić information content (AvgIpc) is 3.18. The predicted octanol–water partition coefficient (Wildman–Crippen LogP) is 7.03. The molecular formula is C26H25Cl2F3N2O3. The van der Waals surface area contributed by atoms with E-state index in [1.165, 1.54) is 12.1 Å². The zero-order chi connectivity index (χ0) is 26.2. The lowest BCUT2D eigenvalue weighted by atomic mass is 9.91. The third-order valence-electron chi connectivity index (χ3n) is 6.48. The number of carbonyl (C=O) groups excluding carboxylic acids is 2. The van der Waals surface area contributed by atoms with Gasteiger partial charge in [-0.2, -0.15) is 0 Å². The van der Waals surface area contributed by atoms with Gasteiger partial charge < -0.3 is 19.0 Å². The van der Waals surface area contributed by atoms with Crippen LogP contribution in [0.2, 0.25) is 10.0 Å². The van der Waals surface area contributed by atoms with Crippen LogP contribution in [0.3, 0.4) is 0 Å². The molecule has 0 bridgehead atoms. The van der Waals surface area contributed by atoms with Gasteiger partial charge in [0.25, 0.3) is 5.91 Å². The molecule has 36 heavy (non-hydrogen) atoms. The number of aromatic nitrogens is 1. The van der Waals surface area contributed by atoms with Gasteiger partial charge in [-0.3, -0.25) is 4.79 Å². The summed E-state index contributed by atoms with van der Waals surface area (Å²) in [5.41, 5.74) is 2.18. The lowest BCUT2D eigenvalue weighted by molar-refractivity contribution is -0.274. The molecule has 3 aromatic rings. The van der Waals surface area contributed by atoms with Gasteiger partial charge in [0.2, 0.25) is 0 Å². The Labute approximate surface area is 216 Å². The van der Waals surface area contributed by atoms with Crippen molar-refractivity contribution in [3.63, 3.8) is 0 Å². The first-order valence-corrected chi connectivity index (χ1v) is 12.3. The Kier molecular flexibility index (Phi) is 7.57. The number of likely N-dealkylation sites (tertiary alicyclic amines) is 1. The number of aryl methyl sites for hydroxylation is 1. The molecule has 192 valence electrons. The van der Waals surface area contributed by atoms with Crippen molar-refractivity contribution in [1.82, 2.24) is 9.47 Å². The molecule has 0 unspecified atom stereocenters. The molecule has 4 rings (SSSR count). The largest absolute Gasteiger partial charge is 0.573 e. The van der Waals surface area contributed by atoms with Gasteiger partial charge >= 0.3 is 6.36 Å². The predicted molar refractivity (Wildman–Crippen MR) is 133 cm³/mol. The molecule has 1 aromatic heterocycles. The molecule has 1 saturated heterocycles. The Morgan fingerprint density at radius 1 is 1.11 bits per heavy atom. The number of rotatable bonds is 6. The summed E-state index contributed by atoms with van der Waals surface area (Å²) in [6.07, 6.45) is -0.993. The van der Waals surface area contributed by atoms with Crippen molar-refractivity contribution < 1.29 is 27.5 Å². The smallest absolute Gasteiger partial charge is 0.406 e. The molecule has 2 aromatic carbocycles. The molecule has 0 saturated carbocycles. The van der Waals surface area contributed by atoms with Crippen molar-refractivity contribution in [3.05, 3.63) is 63.3 Å². The van der Waals surface area contributed by atoms with Crippen LogP contribution in [0, 0.1) is 12.8 Å². The fraction of sp³-hybridized carbons (Fsp3) is 0.385. The van der Waals surface area contributed by atoms with E-state index >= 15 is 0 Å². The van der Waals surface area contributed by atoms with Crippen LogP contribution >= 0.6 is 23.2 Å². The first-order valence-electron chi connectivity index (χ1n) is 11.5. The van der Waals surface area contributed by atoms with Crippen LogP contribution in [-0.4, -0.2) is 40.6 Å². The molecule has 1 fully saturated rings. The van der Waals surface area contributed by atoms with Crippen molar-refractivity contribution in [1.29, 1.82) is 0 Å². The second-order valence-corrected chi connectivity index (χ2v) is 9.98. The van der Waals surface area contributed by atoms with Gasteiger partial charge in [0.05, 0.1) is 22.6 Å². The summed E-state index contributed by atoms with van der Waals surface area (Å²) in [6, 6.07) is 7.58. The number of fused-ring (bicyclic) bond motifs is 1. The van der Waals surface area contributed by atoms with Gasteiger partial charge in [-0.05, 0) is 68.5 Å². The highest BCUT2D eigenvalue weighted by Crippen LogP contribution is 2.34. The summed E-state index contributed by atoms with van der Waals surface area (Å²) >= 11 is 13.2. The molecule has 1 aliphatic heterocycles. The molecular weight excluding hydrogens is 516 g/mol. The number of ketones is 1. The molecule has 1 aliphatic rings. The molecule has 0 aliphatic carbocycles. The minimum absolute atomic E-state index is 0.155. The number of carbonyl (C=O) groups is 2. The van der Waals surface area contributed by atoms with Crippen molar-refractivity contribution in [2.75, 3.05) is 13.1 Å². The van der Waals surface area contributed by atoms with Crippen molar-refractivity contribution in [3.8, 4) is 5.75 Å². The number of Topliss-reactive ketones (excluding diaryl/α,β-unsaturated/α-hetero) is 1. The maximum absolute atomic E-state index is 13.3. The van der Waals surface area contributed by atoms with E-state index in [4.69, 9.17) is 23.2 Å². The lowest BCUT2D eigenvalue weighted by Crippen LogP contribution is -2.39. The van der Waals surface area contributed by atoms with Gasteiger partial charge in [-0.15, -0.1) is 13.2 Å². The lowest BCUT2D eigenvalue weighted by Gasteiger charge is -2.32. The SMILES string of the molecule is CC(=O)CC1CCN(C(=O)c2ccc(Cl)c(Cn3ccc4cc(OC(F)(F)F)cc(C)c43)c2Cl)CC1. The van der Waals surface area contributed by atoms with Gasteiger partial charge in [0.15, 0.2) is 0 Å². The van der Waals surface area contributed by atoms with Crippen LogP contribution in [0.5, 0.6) is 5.75 Å². The Morgan fingerprint density at radius 2 is 1.81 bits per heavy atom. The highest BCUT2D eigenvalue weighted by Gasteiger charge is 2.31. The Hall–Kier alpha value is -2.71. The number of benzene rings is 2. The number of alkyl halides is 3. The highest BCUT2D eigenvalue weighted by molar-refractivity contribution is 6.38. The van der Waals surface area contributed by atoms with Crippen LogP contribution in [0.1, 0.15) is 47.7 Å². The summed E-state index contributed by atoms with van der Waals surface area (Å²) in [5, 5.41) is 1.20. The quantitative estimate of drug-likeness (QED) is 0.337. The van der Waals surface area contributed by atoms with Crippen LogP contribution in [0.4, 0.5) is 13.2 Å². The molecule has 0 N–H and O–H groups in total. The summed E-state index contributed by atoms with van der Waals surface area (Å²) in [7, 11) is 0. The minimum Gasteiger partial charge on any atom is -0.406 e. The van der Waals surface area contributed by atoms with E-state index in [2.05, 4.69) is 4.74 Å². The first-order chi connectivity index (χ1) is 16.9. The number of hydrogen-bond donors (Lipinski definition) is 0. The van der Waals surface area contributed by atoms with Gasteiger partial charge in [-0.1, -0.05) is 23.2 Å². The van der Waals surface area contributed by atoms with Crippen molar-refractivity contribution >= 4 is 45.8 Å². The van der Waals surface area contributed by atoms with Gasteiger partial charge in [0, 0.05) is 41.7 Å². The minimum atomic E-state index is -4.78. The third-order valence-corrected chi connectivity index (χ3v) is 7.27. The monoisotopic (exact) mass is 540 g/mol. The van der Waals surface area contributed by atoms with Crippen LogP contribution in [0.15, 0.2) is 36.5 Å². The first kappa shape index (κ1) is 26.4. The molecule has 0 radical (unpaired) electrons. The molecule has 1 amide bonds. The van der Waals surface area contributed by atoms with E-state index in [0.717, 1.165) is 12.8 Å². The Bertz CT molecular complexity index is 1310. The number of halogens is 5. The van der Waals surface area contributed by atoms with E-state index in [0.29, 0.717) is 52.1 Å². The summed E-state index contributed by atoms with van der Waals surface area (Å²) < 4.78 is 43.9. The second-order valence-electron chi connectivity index (χ2n) is 9.20. The zero-order valence-corrected chi connectivity index (χ0v) is 21.3. The Morgan fingerprint density at radius 3 is 2.44 bits per heavy atom. The standard InChI is InChI=1S/C26H25Cl2F3N2O3/c1-15-11-19(36-26(29,30)31)13-18-7-10-33(24(15)18)14-21-22(27)4-3-20(23(21)28)25(35)32-8-5-17(6-9-32)12-16(2)34/h3-4,7,10-11,13,17H,5-6,8-9,12,14H2,1-2H3. The van der Waals surface area contributed by atoms with E-state index in [-0.39, 0.29) is 34.9 Å². The van der Waals surface area contributed by atoms with Gasteiger partial charge in [-0.25, -0.2) is 0 Å². The molecule has 0 spiro atoms. The van der Waals surface area contributed by atoms with E-state index in [1.807, 2.05) is 4.57 Å². The van der Waals surface area contributed by atoms with E-state index in [9.17, 15) is 22.8 Å². The van der Waals surface area contributed by atoms with Crippen LogP contribution in [0.25, 0.3) is 10.9 Å². The average molecular weight is 541 g/mol. The topological polar surface area (TPSA) is 51.5 Å². The number of ether oxygens (including phenoxy) is 1. The molecule has 10 heteroatoms. The number of amides is 1. The summed E-state index contributed by atoms with van der Waals surface area (Å²) in [4.78, 5) is 26.4. The fourth-order valence-electron chi connectivity index (χ4n) is 4.86. The van der Waals surface area contributed by atoms with Crippen molar-refractivity contribution in [2.24, 2.45) is 5.92 Å². The highest BCUT2D eigenvalue weighted by atomic mass is 35.5. The number of piperidine rings is 1. The normalized spacial score (nSPS) is 14.9. The third kappa shape index (κ3) is 5.81. The van der Waals surface area contributed by atoms with Crippen LogP contribution < -0.4 is 4.74 Å². The number of nitrogens with zero attached hydrogens (tertiary/aromatic N) is 2. The maximum atomic E-state index is 13.3. The summed E-state index contributed by atoms with van der Waals surface area (Å²) in [5.74, 6) is -0.0418. The van der Waals surface area contributed by atoms with Crippen LogP contribution in [-0.2, 0) is 11.3 Å². The van der Waals surface area contributed by atoms with E-state index in [1.54, 1.807) is 43.1 Å². The number of hydrogen-bond acceptors (Lipinski definition) is 3. The maximum Gasteiger partial charge on any atom is 0.573 e.